The summed E-state index contributed by atoms with van der Waals surface area (Å²) in [5, 5.41) is 6.32. The summed E-state index contributed by atoms with van der Waals surface area (Å²) in [5.74, 6) is -0.321. The van der Waals surface area contributed by atoms with E-state index in [1.54, 1.807) is 12.1 Å². The summed E-state index contributed by atoms with van der Waals surface area (Å²) in [6.07, 6.45) is 0. The average Bonchev–Trinajstić information content (AvgIpc) is 2.56. The molecule has 0 aliphatic carbocycles. The predicted molar refractivity (Wildman–Crippen MR) is 99.6 cm³/mol. The monoisotopic (exact) mass is 342 g/mol. The van der Waals surface area contributed by atoms with Gasteiger partial charge in [-0.05, 0) is 35.6 Å². The van der Waals surface area contributed by atoms with Gasteiger partial charge in [0.15, 0.2) is 0 Å². The maximum absolute atomic E-state index is 13.2. The summed E-state index contributed by atoms with van der Waals surface area (Å²) in [6, 6.07) is 16.2. The second-order valence-electron chi connectivity index (χ2n) is 7.43. The maximum Gasteiger partial charge on any atom is 0.234 e. The fourth-order valence-corrected chi connectivity index (χ4v) is 2.89. The summed E-state index contributed by atoms with van der Waals surface area (Å²) >= 11 is 0. The van der Waals surface area contributed by atoms with Crippen molar-refractivity contribution in [1.29, 1.82) is 0 Å². The van der Waals surface area contributed by atoms with Gasteiger partial charge >= 0.3 is 0 Å². The van der Waals surface area contributed by atoms with E-state index in [1.807, 2.05) is 37.3 Å². The standard InChI is InChI=1S/C21H27FN2O/c1-15(16-8-6-5-7-9-16)24-19(25)14-23-20(21(2,3)4)17-10-12-18(22)13-11-17/h5-13,15,20,23H,14H2,1-4H3,(H,24,25). The van der Waals surface area contributed by atoms with Crippen LogP contribution in [0.4, 0.5) is 4.39 Å². The van der Waals surface area contributed by atoms with Crippen LogP contribution >= 0.6 is 0 Å². The van der Waals surface area contributed by atoms with Crippen LogP contribution in [-0.4, -0.2) is 12.5 Å². The number of hydrogen-bond acceptors (Lipinski definition) is 2. The Kier molecular flexibility index (Phi) is 6.32. The van der Waals surface area contributed by atoms with Crippen molar-refractivity contribution in [3.8, 4) is 0 Å². The van der Waals surface area contributed by atoms with Gasteiger partial charge in [-0.25, -0.2) is 4.39 Å². The molecule has 2 aromatic carbocycles. The fraction of sp³-hybridized carbons (Fsp3) is 0.381. The smallest absolute Gasteiger partial charge is 0.234 e. The molecular weight excluding hydrogens is 315 g/mol. The van der Waals surface area contributed by atoms with Gasteiger partial charge in [0, 0.05) is 6.04 Å². The van der Waals surface area contributed by atoms with Crippen molar-refractivity contribution in [2.24, 2.45) is 5.41 Å². The molecule has 0 bridgehead atoms. The van der Waals surface area contributed by atoms with Crippen molar-refractivity contribution in [2.75, 3.05) is 6.54 Å². The van der Waals surface area contributed by atoms with Crippen molar-refractivity contribution < 1.29 is 9.18 Å². The molecule has 0 fully saturated rings. The SMILES string of the molecule is CC(NC(=O)CNC(c1ccc(F)cc1)C(C)(C)C)c1ccccc1. The number of halogens is 1. The molecular formula is C21H27FN2O. The predicted octanol–water partition coefficient (Wildman–Crippen LogP) is 4.38. The van der Waals surface area contributed by atoms with Crippen molar-refractivity contribution in [1.82, 2.24) is 10.6 Å². The molecule has 0 radical (unpaired) electrons. The Labute approximate surface area is 149 Å². The summed E-state index contributed by atoms with van der Waals surface area (Å²) in [4.78, 5) is 12.3. The molecule has 2 aromatic rings. The van der Waals surface area contributed by atoms with Crippen molar-refractivity contribution in [3.05, 3.63) is 71.5 Å². The third kappa shape index (κ3) is 5.68. The van der Waals surface area contributed by atoms with Crippen LogP contribution in [0.1, 0.15) is 50.9 Å². The lowest BCUT2D eigenvalue weighted by Crippen LogP contribution is -2.40. The molecule has 0 aliphatic rings. The normalized spacial score (nSPS) is 14.0. The lowest BCUT2D eigenvalue weighted by Gasteiger charge is -2.32. The minimum atomic E-state index is -0.258. The number of rotatable bonds is 6. The Morgan fingerprint density at radius 2 is 1.60 bits per heavy atom. The van der Waals surface area contributed by atoms with Gasteiger partial charge in [0.25, 0.3) is 0 Å². The van der Waals surface area contributed by atoms with E-state index in [0.717, 1.165) is 11.1 Å². The van der Waals surface area contributed by atoms with Crippen LogP contribution in [-0.2, 0) is 4.79 Å². The highest BCUT2D eigenvalue weighted by atomic mass is 19.1. The van der Waals surface area contributed by atoms with Crippen LogP contribution in [0.15, 0.2) is 54.6 Å². The van der Waals surface area contributed by atoms with Gasteiger partial charge in [-0.2, -0.15) is 0 Å². The number of amides is 1. The topological polar surface area (TPSA) is 41.1 Å². The summed E-state index contributed by atoms with van der Waals surface area (Å²) in [6.45, 7) is 8.46. The van der Waals surface area contributed by atoms with E-state index in [1.165, 1.54) is 12.1 Å². The third-order valence-corrected chi connectivity index (χ3v) is 4.21. The van der Waals surface area contributed by atoms with Gasteiger partial charge in [-0.1, -0.05) is 63.2 Å². The van der Waals surface area contributed by atoms with Crippen molar-refractivity contribution >= 4 is 5.91 Å². The molecule has 25 heavy (non-hydrogen) atoms. The van der Waals surface area contributed by atoms with Gasteiger partial charge in [0.2, 0.25) is 5.91 Å². The van der Waals surface area contributed by atoms with Gasteiger partial charge in [0.05, 0.1) is 12.6 Å². The number of benzene rings is 2. The minimum Gasteiger partial charge on any atom is -0.348 e. The van der Waals surface area contributed by atoms with E-state index in [2.05, 4.69) is 31.4 Å². The zero-order valence-corrected chi connectivity index (χ0v) is 15.3. The van der Waals surface area contributed by atoms with Crippen molar-refractivity contribution in [3.63, 3.8) is 0 Å². The van der Waals surface area contributed by atoms with E-state index >= 15 is 0 Å². The lowest BCUT2D eigenvalue weighted by molar-refractivity contribution is -0.121. The molecule has 1 amide bonds. The molecule has 2 N–H and O–H groups in total. The second-order valence-corrected chi connectivity index (χ2v) is 7.43. The number of hydrogen-bond donors (Lipinski definition) is 2. The molecule has 2 rings (SSSR count). The molecule has 0 heterocycles. The number of nitrogens with one attached hydrogen (secondary N) is 2. The fourth-order valence-electron chi connectivity index (χ4n) is 2.89. The van der Waals surface area contributed by atoms with E-state index in [-0.39, 0.29) is 35.8 Å². The Bertz CT molecular complexity index is 677. The maximum atomic E-state index is 13.2. The first-order valence-electron chi connectivity index (χ1n) is 8.60. The zero-order chi connectivity index (χ0) is 18.4. The van der Waals surface area contributed by atoms with E-state index in [4.69, 9.17) is 0 Å². The Balaban J connectivity index is 1.98. The van der Waals surface area contributed by atoms with Gasteiger partial charge < -0.3 is 10.6 Å². The van der Waals surface area contributed by atoms with Crippen LogP contribution in [0.25, 0.3) is 0 Å². The van der Waals surface area contributed by atoms with Crippen LogP contribution < -0.4 is 10.6 Å². The van der Waals surface area contributed by atoms with Gasteiger partial charge in [0.1, 0.15) is 5.82 Å². The highest BCUT2D eigenvalue weighted by molar-refractivity contribution is 5.78. The molecule has 0 aliphatic heterocycles. The summed E-state index contributed by atoms with van der Waals surface area (Å²) in [7, 11) is 0. The summed E-state index contributed by atoms with van der Waals surface area (Å²) < 4.78 is 13.2. The first-order chi connectivity index (χ1) is 11.8. The largest absolute Gasteiger partial charge is 0.348 e. The molecule has 0 aromatic heterocycles. The molecule has 0 saturated heterocycles. The molecule has 134 valence electrons. The Morgan fingerprint density at radius 1 is 1.00 bits per heavy atom. The van der Waals surface area contributed by atoms with Crippen LogP contribution in [0, 0.1) is 11.2 Å². The average molecular weight is 342 g/mol. The molecule has 0 saturated carbocycles. The molecule has 0 spiro atoms. The molecule has 2 unspecified atom stereocenters. The highest BCUT2D eigenvalue weighted by Crippen LogP contribution is 2.32. The van der Waals surface area contributed by atoms with Crippen molar-refractivity contribution in [2.45, 2.75) is 39.8 Å². The zero-order valence-electron chi connectivity index (χ0n) is 15.3. The number of carbonyl (C=O) groups excluding carboxylic acids is 1. The Morgan fingerprint density at radius 3 is 2.16 bits per heavy atom. The third-order valence-electron chi connectivity index (χ3n) is 4.21. The van der Waals surface area contributed by atoms with E-state index in [0.29, 0.717) is 0 Å². The van der Waals surface area contributed by atoms with Gasteiger partial charge in [-0.15, -0.1) is 0 Å². The van der Waals surface area contributed by atoms with E-state index in [9.17, 15) is 9.18 Å². The molecule has 3 nitrogen and oxygen atoms in total. The highest BCUT2D eigenvalue weighted by Gasteiger charge is 2.26. The first-order valence-corrected chi connectivity index (χ1v) is 8.60. The van der Waals surface area contributed by atoms with Gasteiger partial charge in [-0.3, -0.25) is 4.79 Å². The van der Waals surface area contributed by atoms with Crippen LogP contribution in [0.2, 0.25) is 0 Å². The van der Waals surface area contributed by atoms with Crippen LogP contribution in [0.5, 0.6) is 0 Å². The first kappa shape index (κ1) is 19.1. The molecule has 4 heteroatoms. The number of carbonyl (C=O) groups is 1. The Hall–Kier alpha value is -2.20. The lowest BCUT2D eigenvalue weighted by atomic mass is 9.82. The van der Waals surface area contributed by atoms with Crippen LogP contribution in [0.3, 0.4) is 0 Å². The molecule has 2 atom stereocenters. The quantitative estimate of drug-likeness (QED) is 0.818. The minimum absolute atomic E-state index is 0.0468. The second kappa shape index (κ2) is 8.26. The summed E-state index contributed by atoms with van der Waals surface area (Å²) in [5.41, 5.74) is 1.93. The van der Waals surface area contributed by atoms with E-state index < -0.39 is 0 Å².